The van der Waals surface area contributed by atoms with Gasteiger partial charge in [0.1, 0.15) is 18.2 Å². The molecule has 0 bridgehead atoms. The van der Waals surface area contributed by atoms with Gasteiger partial charge in [0.15, 0.2) is 0 Å². The normalized spacial score (nSPS) is 12.9. The molecule has 0 radical (unpaired) electrons. The fraction of sp³-hybridized carbons (Fsp3) is 0.279. The van der Waals surface area contributed by atoms with Crippen molar-refractivity contribution in [1.82, 2.24) is 0 Å². The van der Waals surface area contributed by atoms with Crippen molar-refractivity contribution in [2.24, 2.45) is 4.99 Å². The molecule has 0 aromatic heterocycles. The molecular formula is C43H47FNOP. The Hall–Kier alpha value is -4.07. The molecule has 2 unspecified atom stereocenters. The van der Waals surface area contributed by atoms with Gasteiger partial charge in [-0.3, -0.25) is 4.99 Å². The molecule has 0 aliphatic carbocycles. The number of hydrogen-bond donors (Lipinski definition) is 0. The third kappa shape index (κ3) is 9.27. The average Bonchev–Trinajstić information content (AvgIpc) is 3.10. The zero-order valence-corrected chi connectivity index (χ0v) is 29.0. The number of rotatable bonds is 16. The average molecular weight is 644 g/mol. The zero-order valence-electron chi connectivity index (χ0n) is 28.0. The molecule has 0 spiro atoms. The highest BCUT2D eigenvalue weighted by molar-refractivity contribution is 7.48. The van der Waals surface area contributed by atoms with Crippen LogP contribution in [0.5, 0.6) is 5.75 Å². The third-order valence-corrected chi connectivity index (χ3v) is 11.0. The summed E-state index contributed by atoms with van der Waals surface area (Å²) in [4.78, 5) is 4.30. The summed E-state index contributed by atoms with van der Waals surface area (Å²) in [6.45, 7) is 5.08. The molecule has 0 saturated heterocycles. The first kappa shape index (κ1) is 34.3. The van der Waals surface area contributed by atoms with Crippen LogP contribution in [0.25, 0.3) is 0 Å². The van der Waals surface area contributed by atoms with E-state index in [0.717, 1.165) is 60.7 Å². The van der Waals surface area contributed by atoms with Gasteiger partial charge in [0.2, 0.25) is 0 Å². The maximum absolute atomic E-state index is 14.5. The van der Waals surface area contributed by atoms with E-state index in [0.29, 0.717) is 15.2 Å². The van der Waals surface area contributed by atoms with Gasteiger partial charge >= 0.3 is 0 Å². The molecule has 0 heterocycles. The first-order chi connectivity index (χ1) is 23.0. The van der Waals surface area contributed by atoms with E-state index in [-0.39, 0.29) is 11.0 Å². The summed E-state index contributed by atoms with van der Waals surface area (Å²) in [7, 11) is 2.17. The van der Waals surface area contributed by atoms with Crippen LogP contribution in [0.1, 0.15) is 84.9 Å². The van der Waals surface area contributed by atoms with E-state index < -0.39 is 0 Å². The maximum Gasteiger partial charge on any atom is 0.127 e. The highest BCUT2D eigenvalue weighted by Gasteiger charge is 2.35. The summed E-state index contributed by atoms with van der Waals surface area (Å²) in [5.41, 5.74) is 8.32. The Balaban J connectivity index is 1.72. The van der Waals surface area contributed by atoms with Gasteiger partial charge in [-0.05, 0) is 64.5 Å². The van der Waals surface area contributed by atoms with Crippen molar-refractivity contribution in [3.8, 4) is 5.75 Å². The number of ether oxygens (including phenoxy) is 1. The number of halogens is 1. The van der Waals surface area contributed by atoms with Gasteiger partial charge in [0.25, 0.3) is 0 Å². The van der Waals surface area contributed by atoms with Crippen LogP contribution in [0.4, 0.5) is 4.39 Å². The van der Waals surface area contributed by atoms with Crippen molar-refractivity contribution in [2.45, 2.75) is 70.6 Å². The van der Waals surface area contributed by atoms with Gasteiger partial charge in [-0.2, -0.15) is 0 Å². The summed E-state index contributed by atoms with van der Waals surface area (Å²) < 4.78 is 21.5. The molecule has 0 amide bonds. The second kappa shape index (κ2) is 17.2. The van der Waals surface area contributed by atoms with E-state index in [2.05, 4.69) is 116 Å². The predicted molar refractivity (Wildman–Crippen MR) is 200 cm³/mol. The van der Waals surface area contributed by atoms with Gasteiger partial charge in [-0.1, -0.05) is 151 Å². The molecule has 0 N–H and O–H groups in total. The summed E-state index contributed by atoms with van der Waals surface area (Å²) >= 11 is 0. The molecular weight excluding hydrogens is 596 g/mol. The fourth-order valence-corrected chi connectivity index (χ4v) is 8.20. The Morgan fingerprint density at radius 2 is 1.36 bits per heavy atom. The standard InChI is InChI=1S/C43H47FNOP/c1-4-6-16-25-43(5-2,47-41-24-23-39(44)30-38(41)31-45-3)40-29-36(26-33-17-10-7-11-18-33)28-37(27-34-19-12-8-13-20-34)42(40)46-32-35-21-14-9-15-22-35/h7-15,17-24,28-31,47H,4-6,16,25-27,32H2,1-3H3. The highest BCUT2D eigenvalue weighted by Crippen LogP contribution is 2.53. The van der Waals surface area contributed by atoms with E-state index >= 15 is 0 Å². The number of unbranched alkanes of at least 4 members (excludes halogenated alkanes) is 2. The van der Waals surface area contributed by atoms with Gasteiger partial charge < -0.3 is 4.74 Å². The van der Waals surface area contributed by atoms with E-state index in [4.69, 9.17) is 4.74 Å². The second-order valence-corrected chi connectivity index (χ2v) is 14.1. The van der Waals surface area contributed by atoms with E-state index in [1.54, 1.807) is 25.4 Å². The fourth-order valence-electron chi connectivity index (χ4n) is 6.44. The summed E-state index contributed by atoms with van der Waals surface area (Å²) in [6.07, 6.45) is 8.83. The van der Waals surface area contributed by atoms with E-state index in [1.807, 2.05) is 12.1 Å². The van der Waals surface area contributed by atoms with Crippen LogP contribution in [0.3, 0.4) is 0 Å². The van der Waals surface area contributed by atoms with Crippen LogP contribution in [-0.2, 0) is 24.6 Å². The molecule has 5 aromatic carbocycles. The monoisotopic (exact) mass is 643 g/mol. The SMILES string of the molecule is CCCCCC(CC)(Pc1ccc(F)cc1C=NC)c1cc(Cc2ccccc2)cc(Cc2ccccc2)c1OCc1ccccc1. The lowest BCUT2D eigenvalue weighted by Gasteiger charge is -2.37. The maximum atomic E-state index is 14.5. The Morgan fingerprint density at radius 3 is 1.98 bits per heavy atom. The first-order valence-corrected chi connectivity index (χ1v) is 17.9. The van der Waals surface area contributed by atoms with Crippen LogP contribution >= 0.6 is 8.58 Å². The van der Waals surface area contributed by atoms with Crippen molar-refractivity contribution >= 4 is 20.1 Å². The molecule has 0 saturated carbocycles. The van der Waals surface area contributed by atoms with Crippen molar-refractivity contribution < 1.29 is 9.13 Å². The lowest BCUT2D eigenvalue weighted by molar-refractivity contribution is 0.294. The quantitative estimate of drug-likeness (QED) is 0.0596. The molecule has 242 valence electrons. The molecule has 2 atom stereocenters. The van der Waals surface area contributed by atoms with Crippen molar-refractivity contribution in [2.75, 3.05) is 7.05 Å². The van der Waals surface area contributed by atoms with Gasteiger partial charge in [-0.15, -0.1) is 0 Å². The molecule has 5 aromatic rings. The van der Waals surface area contributed by atoms with Gasteiger partial charge in [-0.25, -0.2) is 4.39 Å². The molecule has 2 nitrogen and oxygen atoms in total. The zero-order chi connectivity index (χ0) is 32.9. The van der Waals surface area contributed by atoms with Crippen LogP contribution in [-0.4, -0.2) is 13.3 Å². The minimum absolute atomic E-state index is 0.201. The first-order valence-electron chi connectivity index (χ1n) is 16.9. The van der Waals surface area contributed by atoms with Crippen LogP contribution < -0.4 is 10.0 Å². The van der Waals surface area contributed by atoms with Crippen molar-refractivity contribution in [1.29, 1.82) is 0 Å². The minimum atomic E-state index is -0.233. The van der Waals surface area contributed by atoms with E-state index in [1.165, 1.54) is 34.2 Å². The topological polar surface area (TPSA) is 21.6 Å². The lowest BCUT2D eigenvalue weighted by Crippen LogP contribution is -2.26. The largest absolute Gasteiger partial charge is 0.488 e. The summed E-state index contributed by atoms with van der Waals surface area (Å²) in [5.74, 6) is 0.761. The summed E-state index contributed by atoms with van der Waals surface area (Å²) in [6, 6.07) is 41.9. The predicted octanol–water partition coefficient (Wildman–Crippen LogP) is 10.8. The van der Waals surface area contributed by atoms with Crippen LogP contribution in [0.2, 0.25) is 0 Å². The van der Waals surface area contributed by atoms with Crippen molar-refractivity contribution in [3.63, 3.8) is 0 Å². The van der Waals surface area contributed by atoms with Crippen LogP contribution in [0.15, 0.2) is 126 Å². The van der Waals surface area contributed by atoms with Crippen LogP contribution in [0, 0.1) is 5.82 Å². The van der Waals surface area contributed by atoms with Crippen molar-refractivity contribution in [3.05, 3.63) is 166 Å². The Kier molecular flexibility index (Phi) is 12.5. The number of nitrogens with zero attached hydrogens (tertiary/aromatic N) is 1. The Bertz CT molecular complexity index is 1720. The molecule has 5 rings (SSSR count). The lowest BCUT2D eigenvalue weighted by atomic mass is 9.84. The number of aliphatic imine (C=N–C) groups is 1. The van der Waals surface area contributed by atoms with Gasteiger partial charge in [0.05, 0.1) is 0 Å². The number of benzene rings is 5. The molecule has 4 heteroatoms. The molecule has 0 aliphatic heterocycles. The number of hydrogen-bond acceptors (Lipinski definition) is 2. The van der Waals surface area contributed by atoms with E-state index in [9.17, 15) is 4.39 Å². The minimum Gasteiger partial charge on any atom is -0.488 e. The second-order valence-electron chi connectivity index (χ2n) is 12.4. The molecule has 47 heavy (non-hydrogen) atoms. The summed E-state index contributed by atoms with van der Waals surface area (Å²) in [5, 5.41) is 0.940. The molecule has 0 aliphatic rings. The smallest absolute Gasteiger partial charge is 0.127 e. The Labute approximate surface area is 282 Å². The Morgan fingerprint density at radius 1 is 0.723 bits per heavy atom. The van der Waals surface area contributed by atoms with Gasteiger partial charge in [0, 0.05) is 36.0 Å². The highest BCUT2D eigenvalue weighted by atomic mass is 31.1. The third-order valence-electron chi connectivity index (χ3n) is 8.92. The molecule has 0 fully saturated rings.